The quantitative estimate of drug-likeness (QED) is 0.265. The number of halogens is 2. The van der Waals surface area contributed by atoms with Crippen LogP contribution in [0.25, 0.3) is 11.1 Å². The van der Waals surface area contributed by atoms with Gasteiger partial charge >= 0.3 is 5.97 Å². The average molecular weight is 563 g/mol. The van der Waals surface area contributed by atoms with E-state index < -0.39 is 12.1 Å². The molecule has 0 aliphatic heterocycles. The number of nitrogens with one attached hydrogen (secondary N) is 1. The van der Waals surface area contributed by atoms with Crippen molar-refractivity contribution >= 4 is 51.4 Å². The van der Waals surface area contributed by atoms with Crippen molar-refractivity contribution in [1.29, 1.82) is 0 Å². The molecule has 0 fully saturated rings. The summed E-state index contributed by atoms with van der Waals surface area (Å²) in [5.74, 6) is -0.539. The Labute approximate surface area is 233 Å². The van der Waals surface area contributed by atoms with Gasteiger partial charge in [0.2, 0.25) is 0 Å². The molecule has 0 bridgehead atoms. The van der Waals surface area contributed by atoms with Gasteiger partial charge in [0.25, 0.3) is 5.91 Å². The monoisotopic (exact) mass is 561 g/mol. The molecule has 0 saturated heterocycles. The van der Waals surface area contributed by atoms with Crippen LogP contribution in [0.3, 0.4) is 0 Å². The zero-order valence-electron chi connectivity index (χ0n) is 22.0. The number of thiophene rings is 1. The number of esters is 1. The summed E-state index contributed by atoms with van der Waals surface area (Å²) in [7, 11) is 0. The van der Waals surface area contributed by atoms with Crippen LogP contribution < -0.4 is 10.1 Å². The van der Waals surface area contributed by atoms with Gasteiger partial charge in [-0.1, -0.05) is 82.1 Å². The van der Waals surface area contributed by atoms with E-state index in [1.807, 2.05) is 32.9 Å². The second kappa shape index (κ2) is 12.3. The maximum atomic E-state index is 13.3. The Kier molecular flexibility index (Phi) is 9.68. The minimum absolute atomic E-state index is 0.00524. The zero-order chi connectivity index (χ0) is 27.3. The molecule has 198 valence electrons. The lowest BCUT2D eigenvalue weighted by molar-refractivity contribution is -0.122. The van der Waals surface area contributed by atoms with Crippen molar-refractivity contribution in [2.75, 3.05) is 11.9 Å². The third-order valence-electron chi connectivity index (χ3n) is 5.83. The van der Waals surface area contributed by atoms with Gasteiger partial charge in [-0.2, -0.15) is 0 Å². The first-order chi connectivity index (χ1) is 17.5. The molecule has 5 nitrogen and oxygen atoms in total. The number of benzene rings is 2. The Morgan fingerprint density at radius 2 is 1.73 bits per heavy atom. The molecule has 0 aliphatic rings. The number of hydrogen-bond acceptors (Lipinski definition) is 5. The molecule has 1 heterocycles. The summed E-state index contributed by atoms with van der Waals surface area (Å²) in [6, 6.07) is 13.0. The third kappa shape index (κ3) is 7.07. The van der Waals surface area contributed by atoms with Crippen LogP contribution >= 0.6 is 34.5 Å². The predicted molar refractivity (Wildman–Crippen MR) is 154 cm³/mol. The van der Waals surface area contributed by atoms with E-state index >= 15 is 0 Å². The Balaban J connectivity index is 1.97. The molecule has 0 radical (unpaired) electrons. The van der Waals surface area contributed by atoms with Gasteiger partial charge in [-0.15, -0.1) is 11.3 Å². The van der Waals surface area contributed by atoms with Gasteiger partial charge in [-0.3, -0.25) is 4.79 Å². The molecule has 3 rings (SSSR count). The van der Waals surface area contributed by atoms with Gasteiger partial charge in [0.1, 0.15) is 16.3 Å². The van der Waals surface area contributed by atoms with Gasteiger partial charge in [0.05, 0.1) is 11.6 Å². The first kappa shape index (κ1) is 29.0. The number of anilines is 1. The maximum Gasteiger partial charge on any atom is 0.341 e. The number of carbonyl (C=O) groups is 2. The molecule has 0 spiro atoms. The largest absolute Gasteiger partial charge is 0.479 e. The Hall–Kier alpha value is -2.54. The minimum atomic E-state index is -0.840. The molecule has 1 N–H and O–H groups in total. The van der Waals surface area contributed by atoms with Crippen molar-refractivity contribution in [3.8, 4) is 16.9 Å². The summed E-state index contributed by atoms with van der Waals surface area (Å²) in [6.45, 7) is 12.5. The van der Waals surface area contributed by atoms with Crippen LogP contribution in [0.15, 0.2) is 42.5 Å². The van der Waals surface area contributed by atoms with Gasteiger partial charge in [0, 0.05) is 21.5 Å². The summed E-state index contributed by atoms with van der Waals surface area (Å²) in [6.07, 6.45) is 0.237. The van der Waals surface area contributed by atoms with Gasteiger partial charge in [-0.05, 0) is 48.4 Å². The van der Waals surface area contributed by atoms with E-state index in [0.29, 0.717) is 39.2 Å². The van der Waals surface area contributed by atoms with Crippen LogP contribution in [0.1, 0.15) is 68.3 Å². The molecule has 0 unspecified atom stereocenters. The average Bonchev–Trinajstić information content (AvgIpc) is 3.17. The molecule has 3 aromatic rings. The summed E-state index contributed by atoms with van der Waals surface area (Å²) >= 11 is 13.6. The molecular weight excluding hydrogens is 529 g/mol. The van der Waals surface area contributed by atoms with Crippen molar-refractivity contribution in [3.05, 3.63) is 68.5 Å². The van der Waals surface area contributed by atoms with E-state index in [1.54, 1.807) is 18.2 Å². The van der Waals surface area contributed by atoms with Crippen molar-refractivity contribution in [2.45, 2.75) is 65.9 Å². The van der Waals surface area contributed by atoms with E-state index in [-0.39, 0.29) is 17.9 Å². The van der Waals surface area contributed by atoms with Gasteiger partial charge < -0.3 is 14.8 Å². The van der Waals surface area contributed by atoms with Crippen molar-refractivity contribution in [1.82, 2.24) is 0 Å². The lowest BCUT2D eigenvalue weighted by atomic mass is 9.86. The highest BCUT2D eigenvalue weighted by molar-refractivity contribution is 7.17. The van der Waals surface area contributed by atoms with Crippen LogP contribution in [-0.4, -0.2) is 24.6 Å². The number of amides is 1. The molecule has 1 amide bonds. The third-order valence-corrected chi connectivity index (χ3v) is 7.40. The first-order valence-corrected chi connectivity index (χ1v) is 13.9. The highest BCUT2D eigenvalue weighted by atomic mass is 35.5. The second-order valence-electron chi connectivity index (χ2n) is 9.78. The standard InChI is InChI=1S/C29H33Cl2NO4S/c1-7-15-35-28(34)25-24(18-9-11-19(12-10-18)29(4,5)6)17(3)37-27(25)32-26(33)22(8-2)36-23-16-20(30)13-14-21(23)31/h9-14,16,22H,7-8,15H2,1-6H3,(H,32,33)/t22-/m0/s1. The molecule has 2 aromatic carbocycles. The van der Waals surface area contributed by atoms with E-state index in [9.17, 15) is 9.59 Å². The Bertz CT molecular complexity index is 1260. The fourth-order valence-electron chi connectivity index (χ4n) is 3.81. The van der Waals surface area contributed by atoms with Crippen LogP contribution in [0.4, 0.5) is 5.00 Å². The van der Waals surface area contributed by atoms with Crippen LogP contribution in [0, 0.1) is 6.92 Å². The van der Waals surface area contributed by atoms with Crippen LogP contribution in [-0.2, 0) is 14.9 Å². The maximum absolute atomic E-state index is 13.3. The second-order valence-corrected chi connectivity index (χ2v) is 11.8. The SMILES string of the molecule is CCCOC(=O)c1c(NC(=O)[C@H](CC)Oc2cc(Cl)ccc2Cl)sc(C)c1-c1ccc(C(C)(C)C)cc1. The van der Waals surface area contributed by atoms with Gasteiger partial charge in [0.15, 0.2) is 6.10 Å². The molecule has 1 atom stereocenters. The van der Waals surface area contributed by atoms with Crippen LogP contribution in [0.2, 0.25) is 10.0 Å². The number of carbonyl (C=O) groups excluding carboxylic acids is 2. The molecule has 1 aromatic heterocycles. The summed E-state index contributed by atoms with van der Waals surface area (Å²) in [5, 5.41) is 4.15. The molecule has 0 saturated carbocycles. The minimum Gasteiger partial charge on any atom is -0.479 e. The van der Waals surface area contributed by atoms with Crippen LogP contribution in [0.5, 0.6) is 5.75 Å². The molecule has 37 heavy (non-hydrogen) atoms. The lowest BCUT2D eigenvalue weighted by Crippen LogP contribution is -2.32. The lowest BCUT2D eigenvalue weighted by Gasteiger charge is -2.19. The number of aryl methyl sites for hydroxylation is 1. The fourth-order valence-corrected chi connectivity index (χ4v) is 5.21. The number of hydrogen-bond donors (Lipinski definition) is 1. The fraction of sp³-hybridized carbons (Fsp3) is 0.379. The summed E-state index contributed by atoms with van der Waals surface area (Å²) in [5.41, 5.74) is 3.19. The Morgan fingerprint density at radius 3 is 2.32 bits per heavy atom. The number of rotatable bonds is 9. The Morgan fingerprint density at radius 1 is 1.05 bits per heavy atom. The van der Waals surface area contributed by atoms with E-state index in [0.717, 1.165) is 16.0 Å². The summed E-state index contributed by atoms with van der Waals surface area (Å²) < 4.78 is 11.4. The molecule has 0 aliphatic carbocycles. The highest BCUT2D eigenvalue weighted by Crippen LogP contribution is 2.41. The van der Waals surface area contributed by atoms with E-state index in [4.69, 9.17) is 32.7 Å². The smallest absolute Gasteiger partial charge is 0.341 e. The van der Waals surface area contributed by atoms with Crippen molar-refractivity contribution in [2.24, 2.45) is 0 Å². The zero-order valence-corrected chi connectivity index (χ0v) is 24.4. The van der Waals surface area contributed by atoms with Gasteiger partial charge in [-0.25, -0.2) is 4.79 Å². The topological polar surface area (TPSA) is 64.6 Å². The van der Waals surface area contributed by atoms with E-state index in [1.165, 1.54) is 16.9 Å². The summed E-state index contributed by atoms with van der Waals surface area (Å²) in [4.78, 5) is 27.4. The van der Waals surface area contributed by atoms with Crippen molar-refractivity contribution in [3.63, 3.8) is 0 Å². The van der Waals surface area contributed by atoms with E-state index in [2.05, 4.69) is 38.2 Å². The highest BCUT2D eigenvalue weighted by Gasteiger charge is 2.28. The number of ether oxygens (including phenoxy) is 2. The van der Waals surface area contributed by atoms with Crippen molar-refractivity contribution < 1.29 is 19.1 Å². The molecular formula is C29H33Cl2NO4S. The first-order valence-electron chi connectivity index (χ1n) is 12.3. The predicted octanol–water partition coefficient (Wildman–Crippen LogP) is 8.69. The molecule has 8 heteroatoms. The normalized spacial score (nSPS) is 12.2.